The Kier molecular flexibility index (Phi) is 7.58. The van der Waals surface area contributed by atoms with Crippen molar-refractivity contribution >= 4 is 29.1 Å². The maximum Gasteiger partial charge on any atom is 0.269 e. The van der Waals surface area contributed by atoms with Crippen molar-refractivity contribution in [1.82, 2.24) is 16.2 Å². The van der Waals surface area contributed by atoms with Gasteiger partial charge in [-0.05, 0) is 48.1 Å². The second-order valence-corrected chi connectivity index (χ2v) is 5.96. The Balaban J connectivity index is 1.84. The van der Waals surface area contributed by atoms with E-state index >= 15 is 0 Å². The predicted molar refractivity (Wildman–Crippen MR) is 108 cm³/mol. The van der Waals surface area contributed by atoms with Crippen LogP contribution in [0.4, 0.5) is 0 Å². The minimum absolute atomic E-state index is 0.0210. The van der Waals surface area contributed by atoms with Crippen LogP contribution < -0.4 is 30.4 Å². The zero-order valence-electron chi connectivity index (χ0n) is 15.7. The van der Waals surface area contributed by atoms with Crippen LogP contribution >= 0.6 is 12.2 Å². The number of hydrogen-bond donors (Lipinski definition) is 3. The van der Waals surface area contributed by atoms with E-state index in [0.717, 1.165) is 5.56 Å². The van der Waals surface area contributed by atoms with E-state index in [1.807, 2.05) is 0 Å². The molecule has 9 heteroatoms. The minimum Gasteiger partial charge on any atom is -0.497 e. The van der Waals surface area contributed by atoms with Crippen LogP contribution in [0.25, 0.3) is 0 Å². The van der Waals surface area contributed by atoms with E-state index in [-0.39, 0.29) is 17.4 Å². The van der Waals surface area contributed by atoms with Gasteiger partial charge in [0.25, 0.3) is 5.91 Å². The molecular weight excluding hydrogens is 382 g/mol. The highest BCUT2D eigenvalue weighted by Crippen LogP contribution is 2.27. The van der Waals surface area contributed by atoms with Crippen LogP contribution in [0.15, 0.2) is 42.5 Å². The second kappa shape index (κ2) is 10.1. The Morgan fingerprint density at radius 3 is 2.18 bits per heavy atom. The average Bonchev–Trinajstić information content (AvgIpc) is 2.71. The van der Waals surface area contributed by atoms with Crippen molar-refractivity contribution in [2.75, 3.05) is 21.3 Å². The molecule has 0 spiro atoms. The molecule has 2 amide bonds. The first kappa shape index (κ1) is 21.0. The number of ether oxygens (including phenoxy) is 3. The summed E-state index contributed by atoms with van der Waals surface area (Å²) in [6, 6.07) is 11.8. The molecule has 2 aromatic rings. The molecule has 2 rings (SSSR count). The molecule has 0 atom stereocenters. The topological polar surface area (TPSA) is 97.9 Å². The summed E-state index contributed by atoms with van der Waals surface area (Å²) in [5, 5.41) is 2.47. The van der Waals surface area contributed by atoms with Gasteiger partial charge in [0.1, 0.15) is 5.75 Å². The van der Waals surface area contributed by atoms with Gasteiger partial charge in [-0.1, -0.05) is 12.1 Å². The highest BCUT2D eigenvalue weighted by Gasteiger charge is 2.12. The number of benzene rings is 2. The van der Waals surface area contributed by atoms with Crippen molar-refractivity contribution in [3.63, 3.8) is 0 Å². The molecule has 0 saturated carbocycles. The van der Waals surface area contributed by atoms with E-state index in [1.54, 1.807) is 43.5 Å². The van der Waals surface area contributed by atoms with Crippen LogP contribution in [0, 0.1) is 0 Å². The normalized spacial score (nSPS) is 9.82. The van der Waals surface area contributed by atoms with Crippen molar-refractivity contribution in [2.24, 2.45) is 0 Å². The monoisotopic (exact) mass is 403 g/mol. The molecule has 148 valence electrons. The van der Waals surface area contributed by atoms with Gasteiger partial charge in [0, 0.05) is 5.56 Å². The molecule has 0 aliphatic heterocycles. The third kappa shape index (κ3) is 5.85. The molecule has 0 fully saturated rings. The zero-order chi connectivity index (χ0) is 20.5. The van der Waals surface area contributed by atoms with Crippen molar-refractivity contribution < 1.29 is 23.8 Å². The molecular formula is C19H21N3O5S. The molecule has 0 aromatic heterocycles. The minimum atomic E-state index is -0.451. The summed E-state index contributed by atoms with van der Waals surface area (Å²) in [5.41, 5.74) is 6.04. The fraction of sp³-hybridized carbons (Fsp3) is 0.211. The lowest BCUT2D eigenvalue weighted by atomic mass is 10.1. The number of rotatable bonds is 6. The van der Waals surface area contributed by atoms with Crippen LogP contribution in [0.3, 0.4) is 0 Å². The molecule has 0 radical (unpaired) electrons. The number of carbonyl (C=O) groups is 2. The largest absolute Gasteiger partial charge is 0.497 e. The summed E-state index contributed by atoms with van der Waals surface area (Å²) in [4.78, 5) is 24.2. The van der Waals surface area contributed by atoms with Crippen LogP contribution in [0.1, 0.15) is 15.9 Å². The molecule has 0 bridgehead atoms. The fourth-order valence-electron chi connectivity index (χ4n) is 2.29. The number of methoxy groups -OCH3 is 3. The molecule has 8 nitrogen and oxygen atoms in total. The molecule has 0 heterocycles. The molecule has 2 aromatic carbocycles. The quantitative estimate of drug-likeness (QED) is 0.498. The average molecular weight is 403 g/mol. The zero-order valence-corrected chi connectivity index (χ0v) is 16.5. The van der Waals surface area contributed by atoms with Gasteiger partial charge in [-0.3, -0.25) is 20.4 Å². The lowest BCUT2D eigenvalue weighted by molar-refractivity contribution is -0.119. The van der Waals surface area contributed by atoms with Gasteiger partial charge in [-0.15, -0.1) is 0 Å². The second-order valence-electron chi connectivity index (χ2n) is 5.55. The van der Waals surface area contributed by atoms with Crippen molar-refractivity contribution in [1.29, 1.82) is 0 Å². The highest BCUT2D eigenvalue weighted by atomic mass is 32.1. The van der Waals surface area contributed by atoms with Gasteiger partial charge in [-0.25, -0.2) is 0 Å². The summed E-state index contributed by atoms with van der Waals surface area (Å²) in [7, 11) is 4.56. The summed E-state index contributed by atoms with van der Waals surface area (Å²) in [6.45, 7) is 0. The third-order valence-corrected chi connectivity index (χ3v) is 3.92. The van der Waals surface area contributed by atoms with Crippen LogP contribution in [0.5, 0.6) is 17.2 Å². The van der Waals surface area contributed by atoms with Gasteiger partial charge >= 0.3 is 0 Å². The summed E-state index contributed by atoms with van der Waals surface area (Å²) >= 11 is 5.02. The number of thiocarbonyl (C=S) groups is 1. The van der Waals surface area contributed by atoms with E-state index in [0.29, 0.717) is 22.8 Å². The molecule has 3 N–H and O–H groups in total. The number of hydrazine groups is 1. The molecule has 0 unspecified atom stereocenters. The van der Waals surface area contributed by atoms with Gasteiger partial charge in [0.15, 0.2) is 16.6 Å². The molecule has 0 aliphatic rings. The van der Waals surface area contributed by atoms with Crippen molar-refractivity contribution in [2.45, 2.75) is 6.42 Å². The van der Waals surface area contributed by atoms with Crippen molar-refractivity contribution in [3.8, 4) is 17.2 Å². The summed E-state index contributed by atoms with van der Waals surface area (Å²) < 4.78 is 15.4. The maximum absolute atomic E-state index is 12.2. The number of hydrogen-bond acceptors (Lipinski definition) is 6. The third-order valence-electron chi connectivity index (χ3n) is 3.71. The van der Waals surface area contributed by atoms with E-state index < -0.39 is 5.91 Å². The van der Waals surface area contributed by atoms with E-state index in [4.69, 9.17) is 26.4 Å². The maximum atomic E-state index is 12.2. The van der Waals surface area contributed by atoms with Gasteiger partial charge < -0.3 is 19.5 Å². The smallest absolute Gasteiger partial charge is 0.269 e. The number of nitrogens with one attached hydrogen (secondary N) is 3. The first-order valence-electron chi connectivity index (χ1n) is 8.22. The Hall–Kier alpha value is -3.33. The van der Waals surface area contributed by atoms with E-state index in [1.165, 1.54) is 20.3 Å². The van der Waals surface area contributed by atoms with E-state index in [2.05, 4.69) is 16.2 Å². The summed E-state index contributed by atoms with van der Waals surface area (Å²) in [6.07, 6.45) is 0.134. The number of amides is 2. The van der Waals surface area contributed by atoms with Crippen LogP contribution in [0.2, 0.25) is 0 Å². The van der Waals surface area contributed by atoms with Gasteiger partial charge in [0.05, 0.1) is 27.8 Å². The van der Waals surface area contributed by atoms with Gasteiger partial charge in [-0.2, -0.15) is 0 Å². The highest BCUT2D eigenvalue weighted by molar-refractivity contribution is 7.80. The molecule has 0 aliphatic carbocycles. The van der Waals surface area contributed by atoms with Gasteiger partial charge in [0.2, 0.25) is 5.91 Å². The number of carbonyl (C=O) groups excluding carboxylic acids is 2. The lowest BCUT2D eigenvalue weighted by Crippen LogP contribution is -2.48. The summed E-state index contributed by atoms with van der Waals surface area (Å²) in [5.74, 6) is 0.869. The van der Waals surface area contributed by atoms with E-state index in [9.17, 15) is 9.59 Å². The Bertz CT molecular complexity index is 855. The lowest BCUT2D eigenvalue weighted by Gasteiger charge is -2.12. The first-order chi connectivity index (χ1) is 13.5. The Morgan fingerprint density at radius 2 is 1.57 bits per heavy atom. The Morgan fingerprint density at radius 1 is 0.893 bits per heavy atom. The Labute approximate surface area is 168 Å². The first-order valence-corrected chi connectivity index (χ1v) is 8.62. The van der Waals surface area contributed by atoms with Crippen LogP contribution in [-0.4, -0.2) is 38.3 Å². The van der Waals surface area contributed by atoms with Crippen molar-refractivity contribution in [3.05, 3.63) is 53.6 Å². The SMILES string of the molecule is COc1ccc(CC(=O)NC(=S)NNC(=O)c2ccc(OC)c(OC)c2)cc1. The molecule has 28 heavy (non-hydrogen) atoms. The standard InChI is InChI=1S/C19H21N3O5S/c1-25-14-7-4-12(5-8-14)10-17(23)20-19(28)22-21-18(24)13-6-9-15(26-2)16(11-13)27-3/h4-9,11H,10H2,1-3H3,(H,21,24)(H2,20,22,23,28). The van der Waals surface area contributed by atoms with Crippen LogP contribution in [-0.2, 0) is 11.2 Å². The fourth-order valence-corrected chi connectivity index (χ4v) is 2.46. The molecule has 0 saturated heterocycles. The predicted octanol–water partition coefficient (Wildman–Crippen LogP) is 1.59.